The summed E-state index contributed by atoms with van der Waals surface area (Å²) >= 11 is 0. The van der Waals surface area contributed by atoms with Crippen molar-refractivity contribution in [3.8, 4) is 0 Å². The number of ether oxygens (including phenoxy) is 1. The Hall–Kier alpha value is -3.15. The van der Waals surface area contributed by atoms with Gasteiger partial charge in [0.1, 0.15) is 12.6 Å². The molecule has 0 fully saturated rings. The summed E-state index contributed by atoms with van der Waals surface area (Å²) in [7, 11) is 1.26. The van der Waals surface area contributed by atoms with Gasteiger partial charge in [-0.1, -0.05) is 62.1 Å². The van der Waals surface area contributed by atoms with Gasteiger partial charge >= 0.3 is 5.97 Å². The average molecular weight is 399 g/mol. The summed E-state index contributed by atoms with van der Waals surface area (Å²) in [4.78, 5) is 38.8. The third-order valence-corrected chi connectivity index (χ3v) is 4.33. The molecule has 6 heteroatoms. The molecule has 0 radical (unpaired) electrons. The van der Waals surface area contributed by atoms with Crippen LogP contribution in [0.5, 0.6) is 0 Å². The molecule has 1 rings (SSSR count). The van der Waals surface area contributed by atoms with Crippen molar-refractivity contribution in [2.24, 2.45) is 0 Å². The van der Waals surface area contributed by atoms with Crippen LogP contribution < -0.4 is 15.8 Å². The Morgan fingerprint density at radius 3 is 2.41 bits per heavy atom. The molecule has 0 aliphatic rings. The van der Waals surface area contributed by atoms with Crippen LogP contribution in [0, 0.1) is 0 Å². The number of hydrogen-bond acceptors (Lipinski definition) is 4. The Labute approximate surface area is 172 Å². The SMILES string of the molecule is C=C/C=c1/cccc/c1=C(/C)C(=O)NC(CC)C(=O)N(CC(=C)C)CC(=O)OC. The number of esters is 1. The van der Waals surface area contributed by atoms with E-state index in [2.05, 4.69) is 23.2 Å². The summed E-state index contributed by atoms with van der Waals surface area (Å²) in [6.45, 7) is 12.8. The van der Waals surface area contributed by atoms with Crippen LogP contribution in [0.25, 0.3) is 11.6 Å². The second-order valence-electron chi connectivity index (χ2n) is 6.78. The van der Waals surface area contributed by atoms with Gasteiger partial charge in [-0.15, -0.1) is 0 Å². The van der Waals surface area contributed by atoms with E-state index in [0.29, 0.717) is 12.0 Å². The van der Waals surface area contributed by atoms with Crippen molar-refractivity contribution in [3.05, 3.63) is 59.5 Å². The molecule has 1 aromatic rings. The van der Waals surface area contributed by atoms with E-state index in [4.69, 9.17) is 0 Å². The first-order valence-corrected chi connectivity index (χ1v) is 9.44. The molecule has 0 aliphatic carbocycles. The minimum Gasteiger partial charge on any atom is -0.468 e. The first-order chi connectivity index (χ1) is 13.7. The van der Waals surface area contributed by atoms with E-state index >= 15 is 0 Å². The van der Waals surface area contributed by atoms with Crippen molar-refractivity contribution in [1.82, 2.24) is 10.2 Å². The molecule has 2 amide bonds. The molecule has 1 unspecified atom stereocenters. The largest absolute Gasteiger partial charge is 0.468 e. The van der Waals surface area contributed by atoms with Crippen LogP contribution >= 0.6 is 0 Å². The van der Waals surface area contributed by atoms with E-state index in [1.807, 2.05) is 30.3 Å². The summed E-state index contributed by atoms with van der Waals surface area (Å²) < 4.78 is 4.67. The highest BCUT2D eigenvalue weighted by molar-refractivity contribution is 6.13. The molecule has 0 saturated heterocycles. The fourth-order valence-corrected chi connectivity index (χ4v) is 2.82. The second-order valence-corrected chi connectivity index (χ2v) is 6.78. The van der Waals surface area contributed by atoms with Gasteiger partial charge in [-0.3, -0.25) is 14.4 Å². The van der Waals surface area contributed by atoms with Crippen LogP contribution in [0.1, 0.15) is 27.2 Å². The van der Waals surface area contributed by atoms with Gasteiger partial charge in [0, 0.05) is 12.1 Å². The number of amides is 2. The molecule has 0 bridgehead atoms. The van der Waals surface area contributed by atoms with Crippen LogP contribution in [0.3, 0.4) is 0 Å². The molecule has 1 aromatic carbocycles. The number of carbonyl (C=O) groups is 3. The summed E-state index contributed by atoms with van der Waals surface area (Å²) in [6, 6.07) is 6.70. The number of allylic oxidation sites excluding steroid dienone is 1. The van der Waals surface area contributed by atoms with Gasteiger partial charge in [0.25, 0.3) is 0 Å². The van der Waals surface area contributed by atoms with Crippen molar-refractivity contribution in [1.29, 1.82) is 0 Å². The fourth-order valence-electron chi connectivity index (χ4n) is 2.82. The fraction of sp³-hybridized carbons (Fsp3) is 0.348. The van der Waals surface area contributed by atoms with Crippen LogP contribution in [0.15, 0.2) is 49.1 Å². The van der Waals surface area contributed by atoms with E-state index < -0.39 is 12.0 Å². The highest BCUT2D eigenvalue weighted by Crippen LogP contribution is 2.05. The second kappa shape index (κ2) is 11.6. The van der Waals surface area contributed by atoms with Crippen LogP contribution in [0.2, 0.25) is 0 Å². The van der Waals surface area contributed by atoms with E-state index in [9.17, 15) is 14.4 Å². The standard InChI is InChI=1S/C23H30N2O4/c1-7-11-18-12-9-10-13-19(18)17(5)22(27)24-20(8-2)23(28)25(14-16(3)4)15-21(26)29-6/h7,9-13,20H,1,3,8,14-15H2,2,4-6H3,(H,24,27)/b18-11-,19-17+. The molecule has 0 heterocycles. The number of methoxy groups -OCH3 is 1. The van der Waals surface area contributed by atoms with Gasteiger partial charge in [-0.25, -0.2) is 0 Å². The van der Waals surface area contributed by atoms with Gasteiger partial charge in [0.2, 0.25) is 11.8 Å². The highest BCUT2D eigenvalue weighted by Gasteiger charge is 2.26. The smallest absolute Gasteiger partial charge is 0.325 e. The van der Waals surface area contributed by atoms with Crippen molar-refractivity contribution in [2.75, 3.05) is 20.2 Å². The Balaban J connectivity index is 3.16. The Kier molecular flexibility index (Phi) is 9.59. The predicted molar refractivity (Wildman–Crippen MR) is 115 cm³/mol. The first-order valence-electron chi connectivity index (χ1n) is 9.44. The van der Waals surface area contributed by atoms with Crippen molar-refractivity contribution >= 4 is 29.4 Å². The van der Waals surface area contributed by atoms with E-state index in [0.717, 1.165) is 16.0 Å². The summed E-state index contributed by atoms with van der Waals surface area (Å²) in [6.07, 6.45) is 3.86. The number of nitrogens with zero attached hydrogens (tertiary/aromatic N) is 1. The zero-order chi connectivity index (χ0) is 22.0. The molecular weight excluding hydrogens is 368 g/mol. The number of nitrogens with one attached hydrogen (secondary N) is 1. The van der Waals surface area contributed by atoms with Crippen molar-refractivity contribution in [3.63, 3.8) is 0 Å². The van der Waals surface area contributed by atoms with E-state index in [1.54, 1.807) is 26.8 Å². The van der Waals surface area contributed by atoms with Crippen LogP contribution in [-0.2, 0) is 19.1 Å². The molecule has 0 aliphatic heterocycles. The molecule has 29 heavy (non-hydrogen) atoms. The maximum Gasteiger partial charge on any atom is 0.325 e. The van der Waals surface area contributed by atoms with Gasteiger partial charge in [-0.05, 0) is 30.7 Å². The van der Waals surface area contributed by atoms with Crippen LogP contribution in [0.4, 0.5) is 0 Å². The lowest BCUT2D eigenvalue weighted by Gasteiger charge is -2.26. The highest BCUT2D eigenvalue weighted by atomic mass is 16.5. The van der Waals surface area contributed by atoms with Gasteiger partial charge in [0.15, 0.2) is 0 Å². The number of hydrogen-bond donors (Lipinski definition) is 1. The van der Waals surface area contributed by atoms with Crippen molar-refractivity contribution in [2.45, 2.75) is 33.2 Å². The Bertz CT molecular complexity index is 902. The Morgan fingerprint density at radius 2 is 1.86 bits per heavy atom. The van der Waals surface area contributed by atoms with E-state index in [1.165, 1.54) is 12.0 Å². The number of rotatable bonds is 9. The monoisotopic (exact) mass is 398 g/mol. The maximum atomic E-state index is 13.0. The summed E-state index contributed by atoms with van der Waals surface area (Å²) in [5.74, 6) is -1.23. The zero-order valence-corrected chi connectivity index (χ0v) is 17.7. The van der Waals surface area contributed by atoms with Crippen LogP contribution in [-0.4, -0.2) is 48.9 Å². The number of benzene rings is 1. The van der Waals surface area contributed by atoms with E-state index in [-0.39, 0.29) is 24.9 Å². The van der Waals surface area contributed by atoms with Gasteiger partial charge in [-0.2, -0.15) is 0 Å². The molecular formula is C23H30N2O4. The lowest BCUT2D eigenvalue weighted by Crippen LogP contribution is -2.50. The minimum absolute atomic E-state index is 0.200. The Morgan fingerprint density at radius 1 is 1.21 bits per heavy atom. The maximum absolute atomic E-state index is 13.0. The minimum atomic E-state index is -0.767. The topological polar surface area (TPSA) is 75.7 Å². The molecule has 1 N–H and O–H groups in total. The third-order valence-electron chi connectivity index (χ3n) is 4.33. The number of carbonyl (C=O) groups excluding carboxylic acids is 3. The molecule has 6 nitrogen and oxygen atoms in total. The molecule has 156 valence electrons. The zero-order valence-electron chi connectivity index (χ0n) is 17.7. The third kappa shape index (κ3) is 7.07. The lowest BCUT2D eigenvalue weighted by atomic mass is 10.1. The molecule has 0 spiro atoms. The summed E-state index contributed by atoms with van der Waals surface area (Å²) in [5.41, 5.74) is 1.21. The predicted octanol–water partition coefficient (Wildman–Crippen LogP) is 1.30. The molecule has 1 atom stereocenters. The van der Waals surface area contributed by atoms with Gasteiger partial charge < -0.3 is 15.0 Å². The van der Waals surface area contributed by atoms with Gasteiger partial charge in [0.05, 0.1) is 7.11 Å². The molecule has 0 aromatic heterocycles. The first kappa shape index (κ1) is 23.9. The molecule has 0 saturated carbocycles. The summed E-state index contributed by atoms with van der Waals surface area (Å²) in [5, 5.41) is 4.42. The quantitative estimate of drug-likeness (QED) is 0.503. The average Bonchev–Trinajstić information content (AvgIpc) is 2.70. The van der Waals surface area contributed by atoms with Crippen molar-refractivity contribution < 1.29 is 19.1 Å². The normalized spacial score (nSPS) is 13.2. The lowest BCUT2D eigenvalue weighted by molar-refractivity contribution is -0.147.